The van der Waals surface area contributed by atoms with E-state index in [1.54, 1.807) is 6.20 Å². The molecule has 0 N–H and O–H groups in total. The molecular weight excluding hydrogens is 262 g/mol. The number of hydrogen-bond donors (Lipinski definition) is 0. The summed E-state index contributed by atoms with van der Waals surface area (Å²) >= 11 is 6.12. The molecule has 0 spiro atoms. The fraction of sp³-hybridized carbons (Fsp3) is 0.538. The van der Waals surface area contributed by atoms with E-state index in [9.17, 15) is 0 Å². The van der Waals surface area contributed by atoms with Gasteiger partial charge in [-0.25, -0.2) is 4.98 Å². The van der Waals surface area contributed by atoms with Crippen molar-refractivity contribution in [2.24, 2.45) is 0 Å². The molecule has 1 aliphatic heterocycles. The molecule has 4 nitrogen and oxygen atoms in total. The predicted molar refractivity (Wildman–Crippen MR) is 74.4 cm³/mol. The number of halogens is 1. The summed E-state index contributed by atoms with van der Waals surface area (Å²) < 4.78 is 11.9. The summed E-state index contributed by atoms with van der Waals surface area (Å²) in [5.41, 5.74) is 0.934. The van der Waals surface area contributed by atoms with Crippen LogP contribution in [0.15, 0.2) is 6.20 Å². The van der Waals surface area contributed by atoms with Crippen molar-refractivity contribution in [2.75, 3.05) is 0 Å². The second-order valence-electron chi connectivity index (χ2n) is 5.70. The van der Waals surface area contributed by atoms with Gasteiger partial charge in [-0.2, -0.15) is 5.26 Å². The first-order valence-electron chi connectivity index (χ1n) is 6.10. The van der Waals surface area contributed by atoms with Crippen LogP contribution in [-0.4, -0.2) is 23.3 Å². The van der Waals surface area contributed by atoms with Gasteiger partial charge in [0.05, 0.1) is 16.2 Å². The number of hydrogen-bond acceptors (Lipinski definition) is 4. The summed E-state index contributed by atoms with van der Waals surface area (Å²) in [5, 5.41) is 9.26. The third-order valence-electron chi connectivity index (χ3n) is 3.92. The van der Waals surface area contributed by atoms with Crippen LogP contribution in [0.4, 0.5) is 0 Å². The summed E-state index contributed by atoms with van der Waals surface area (Å²) in [6.07, 6.45) is 1.60. The molecule has 6 heteroatoms. The Labute approximate surface area is 118 Å². The van der Waals surface area contributed by atoms with Crippen LogP contribution in [0.5, 0.6) is 0 Å². The quantitative estimate of drug-likeness (QED) is 0.739. The lowest BCUT2D eigenvalue weighted by Gasteiger charge is -2.32. The lowest BCUT2D eigenvalue weighted by Crippen LogP contribution is -2.41. The molecule has 0 saturated carbocycles. The first-order chi connectivity index (χ1) is 8.69. The highest BCUT2D eigenvalue weighted by Crippen LogP contribution is 2.36. The van der Waals surface area contributed by atoms with Gasteiger partial charge < -0.3 is 9.31 Å². The Bertz CT molecular complexity index is 550. The molecule has 2 rings (SSSR count). The number of nitrogens with zero attached hydrogens (tertiary/aromatic N) is 2. The van der Waals surface area contributed by atoms with Crippen LogP contribution in [0.1, 0.15) is 39.0 Å². The van der Waals surface area contributed by atoms with Gasteiger partial charge in [-0.15, -0.1) is 0 Å². The number of aromatic nitrogens is 1. The molecule has 100 valence electrons. The maximum Gasteiger partial charge on any atom is 0.496 e. The normalized spacial score (nSPS) is 20.4. The highest BCUT2D eigenvalue weighted by atomic mass is 35.5. The van der Waals surface area contributed by atoms with Crippen LogP contribution in [0.2, 0.25) is 5.02 Å². The minimum atomic E-state index is -0.511. The van der Waals surface area contributed by atoms with E-state index in [0.29, 0.717) is 5.02 Å². The molecule has 19 heavy (non-hydrogen) atoms. The Kier molecular flexibility index (Phi) is 3.38. The summed E-state index contributed by atoms with van der Waals surface area (Å²) in [7, 11) is -0.511. The zero-order valence-electron chi connectivity index (χ0n) is 11.7. The van der Waals surface area contributed by atoms with Crippen molar-refractivity contribution in [1.82, 2.24) is 4.98 Å². The Balaban J connectivity index is 2.41. The van der Waals surface area contributed by atoms with E-state index >= 15 is 0 Å². The van der Waals surface area contributed by atoms with E-state index in [4.69, 9.17) is 26.2 Å². The van der Waals surface area contributed by atoms with Crippen LogP contribution in [0.3, 0.4) is 0 Å². The van der Waals surface area contributed by atoms with Gasteiger partial charge in [0.25, 0.3) is 0 Å². The van der Waals surface area contributed by atoms with Crippen LogP contribution in [0, 0.1) is 18.3 Å². The fourth-order valence-electron chi connectivity index (χ4n) is 1.88. The van der Waals surface area contributed by atoms with Gasteiger partial charge in [0.1, 0.15) is 6.07 Å². The molecular formula is C13H16BClN2O2. The highest BCUT2D eigenvalue weighted by Gasteiger charge is 2.52. The molecule has 1 saturated heterocycles. The first-order valence-corrected chi connectivity index (χ1v) is 6.48. The molecule has 0 aliphatic carbocycles. The van der Waals surface area contributed by atoms with E-state index in [1.807, 2.05) is 40.7 Å². The summed E-state index contributed by atoms with van der Waals surface area (Å²) in [6.45, 7) is 9.79. The lowest BCUT2D eigenvalue weighted by atomic mass is 9.77. The molecule has 1 aliphatic rings. The van der Waals surface area contributed by atoms with Crippen molar-refractivity contribution >= 4 is 24.2 Å². The molecule has 0 atom stereocenters. The van der Waals surface area contributed by atoms with Gasteiger partial charge in [-0.05, 0) is 40.2 Å². The maximum atomic E-state index is 8.91. The number of rotatable bonds is 1. The van der Waals surface area contributed by atoms with Gasteiger partial charge in [0, 0.05) is 11.7 Å². The van der Waals surface area contributed by atoms with Gasteiger partial charge >= 0.3 is 7.12 Å². The van der Waals surface area contributed by atoms with E-state index in [1.165, 1.54) is 0 Å². The van der Waals surface area contributed by atoms with E-state index in [0.717, 1.165) is 11.0 Å². The molecule has 1 aromatic rings. The zero-order valence-corrected chi connectivity index (χ0v) is 12.5. The molecule has 2 heterocycles. The van der Waals surface area contributed by atoms with Crippen molar-refractivity contribution in [1.29, 1.82) is 5.26 Å². The second kappa shape index (κ2) is 4.48. The standard InChI is InChI=1S/C13H16BClN2O2/c1-8-9(7-17-10(6-16)11(8)15)14-18-12(2,3)13(4,5)19-14/h7H,1-5H3. The summed E-state index contributed by atoms with van der Waals surface area (Å²) in [6, 6.07) is 1.96. The first kappa shape index (κ1) is 14.3. The highest BCUT2D eigenvalue weighted by molar-refractivity contribution is 6.63. The van der Waals surface area contributed by atoms with E-state index < -0.39 is 18.3 Å². The van der Waals surface area contributed by atoms with Crippen LogP contribution >= 0.6 is 11.6 Å². The van der Waals surface area contributed by atoms with Gasteiger partial charge in [-0.3, -0.25) is 0 Å². The number of nitriles is 1. The summed E-state index contributed by atoms with van der Waals surface area (Å²) in [4.78, 5) is 4.04. The predicted octanol–water partition coefficient (Wildman–Crippen LogP) is 2.21. The lowest BCUT2D eigenvalue weighted by molar-refractivity contribution is 0.00578. The summed E-state index contributed by atoms with van der Waals surface area (Å²) in [5.74, 6) is 0. The van der Waals surface area contributed by atoms with Gasteiger partial charge in [0.15, 0.2) is 5.69 Å². The van der Waals surface area contributed by atoms with Gasteiger partial charge in [0.2, 0.25) is 0 Å². The van der Waals surface area contributed by atoms with Crippen molar-refractivity contribution in [3.63, 3.8) is 0 Å². The van der Waals surface area contributed by atoms with Crippen molar-refractivity contribution < 1.29 is 9.31 Å². The van der Waals surface area contributed by atoms with E-state index in [2.05, 4.69) is 4.98 Å². The second-order valence-corrected chi connectivity index (χ2v) is 6.08. The molecule has 0 radical (unpaired) electrons. The average Bonchev–Trinajstić information content (AvgIpc) is 2.51. The van der Waals surface area contributed by atoms with Gasteiger partial charge in [-0.1, -0.05) is 11.6 Å². The Morgan fingerprint density at radius 2 is 1.79 bits per heavy atom. The fourth-order valence-corrected chi connectivity index (χ4v) is 2.08. The molecule has 0 amide bonds. The van der Waals surface area contributed by atoms with E-state index in [-0.39, 0.29) is 5.69 Å². The maximum absolute atomic E-state index is 8.91. The van der Waals surface area contributed by atoms with Crippen molar-refractivity contribution in [2.45, 2.75) is 45.8 Å². The van der Waals surface area contributed by atoms with Crippen molar-refractivity contribution in [3.05, 3.63) is 22.5 Å². The topological polar surface area (TPSA) is 55.1 Å². The Morgan fingerprint density at radius 1 is 1.26 bits per heavy atom. The third kappa shape index (κ3) is 2.25. The minimum Gasteiger partial charge on any atom is -0.399 e. The van der Waals surface area contributed by atoms with Crippen molar-refractivity contribution in [3.8, 4) is 6.07 Å². The molecule has 0 aromatic carbocycles. The largest absolute Gasteiger partial charge is 0.496 e. The third-order valence-corrected chi connectivity index (χ3v) is 4.38. The van der Waals surface area contributed by atoms with Crippen LogP contribution in [0.25, 0.3) is 0 Å². The smallest absolute Gasteiger partial charge is 0.399 e. The zero-order chi connectivity index (χ0) is 14.4. The average molecular weight is 279 g/mol. The number of pyridine rings is 1. The van der Waals surface area contributed by atoms with Crippen LogP contribution < -0.4 is 5.46 Å². The monoisotopic (exact) mass is 278 g/mol. The molecule has 0 bridgehead atoms. The SMILES string of the molecule is Cc1c(B2OC(C)(C)C(C)(C)O2)cnc(C#N)c1Cl. The molecule has 0 unspecified atom stereocenters. The molecule has 1 aromatic heterocycles. The molecule has 1 fully saturated rings. The van der Waals surface area contributed by atoms with Crippen LogP contribution in [-0.2, 0) is 9.31 Å². The Hall–Kier alpha value is -1.09. The Morgan fingerprint density at radius 3 is 2.26 bits per heavy atom. The minimum absolute atomic E-state index is 0.222.